The highest BCUT2D eigenvalue weighted by Gasteiger charge is 2.39. The number of rotatable bonds is 10. The molecule has 1 heterocycles. The zero-order chi connectivity index (χ0) is 27.8. The van der Waals surface area contributed by atoms with Crippen molar-refractivity contribution < 1.29 is 28.2 Å². The maximum atomic E-state index is 13.4. The Labute approximate surface area is 230 Å². The highest BCUT2D eigenvalue weighted by Crippen LogP contribution is 2.32. The fraction of sp³-hybridized carbons (Fsp3) is 0.241. The molecule has 1 N–H and O–H groups in total. The van der Waals surface area contributed by atoms with Crippen LogP contribution in [0.5, 0.6) is 5.75 Å². The maximum Gasteiger partial charge on any atom is 0.338 e. The molecule has 202 valence electrons. The first-order valence-electron chi connectivity index (χ1n) is 12.4. The summed E-state index contributed by atoms with van der Waals surface area (Å²) in [7, 11) is 1.56. The second-order valence-electron chi connectivity index (χ2n) is 8.62. The van der Waals surface area contributed by atoms with E-state index in [1.807, 2.05) is 0 Å². The summed E-state index contributed by atoms with van der Waals surface area (Å²) in [6, 6.07) is 19.6. The van der Waals surface area contributed by atoms with Crippen LogP contribution in [0.2, 0.25) is 0 Å². The number of nitrogens with zero attached hydrogens (tertiary/aromatic N) is 2. The molecule has 4 rings (SSSR count). The first-order chi connectivity index (χ1) is 18.9. The number of hydrogen-bond acceptors (Lipinski definition) is 7. The summed E-state index contributed by atoms with van der Waals surface area (Å²) in [6.07, 6.45) is 0.446. The van der Waals surface area contributed by atoms with Gasteiger partial charge >= 0.3 is 5.97 Å². The number of methoxy groups -OCH3 is 1. The number of thioether (sulfide) groups is 1. The van der Waals surface area contributed by atoms with Crippen LogP contribution in [0.25, 0.3) is 0 Å². The van der Waals surface area contributed by atoms with E-state index in [0.717, 1.165) is 5.56 Å². The number of amidine groups is 1. The third-order valence-corrected chi connectivity index (χ3v) is 7.08. The molecule has 39 heavy (non-hydrogen) atoms. The smallest absolute Gasteiger partial charge is 0.338 e. The molecule has 8 nitrogen and oxygen atoms in total. The summed E-state index contributed by atoms with van der Waals surface area (Å²) in [6.45, 7) is 2.33. The van der Waals surface area contributed by atoms with Gasteiger partial charge in [-0.2, -0.15) is 0 Å². The highest BCUT2D eigenvalue weighted by atomic mass is 32.2. The topological polar surface area (TPSA) is 97.3 Å². The predicted octanol–water partition coefficient (Wildman–Crippen LogP) is 5.21. The summed E-state index contributed by atoms with van der Waals surface area (Å²) in [5.41, 5.74) is 2.42. The molecule has 1 atom stereocenters. The van der Waals surface area contributed by atoms with Crippen molar-refractivity contribution in [3.05, 3.63) is 89.7 Å². The standard InChI is InChI=1S/C29H28FN3O5S/c1-3-38-28(36)20-6-10-23(11-7-20)32-29-33(17-16-19-4-8-21(30)9-5-19)27(35)25(39-29)18-26(34)31-22-12-14-24(37-2)15-13-22/h4-15,25H,3,16-18H2,1-2H3,(H,31,34). The third kappa shape index (κ3) is 7.44. The SMILES string of the molecule is CCOC(=O)c1ccc(N=C2SC(CC(=O)Nc3ccc(OC)cc3)C(=O)N2CCc2ccc(F)cc2)cc1. The van der Waals surface area contributed by atoms with Crippen LogP contribution in [0.3, 0.4) is 0 Å². The minimum atomic E-state index is -0.658. The highest BCUT2D eigenvalue weighted by molar-refractivity contribution is 8.15. The van der Waals surface area contributed by atoms with Crippen LogP contribution in [0.1, 0.15) is 29.3 Å². The lowest BCUT2D eigenvalue weighted by atomic mass is 10.1. The van der Waals surface area contributed by atoms with Gasteiger partial charge in [-0.15, -0.1) is 0 Å². The minimum absolute atomic E-state index is 0.0383. The number of amides is 2. The summed E-state index contributed by atoms with van der Waals surface area (Å²) in [5.74, 6) is -0.616. The van der Waals surface area contributed by atoms with Crippen LogP contribution < -0.4 is 10.1 Å². The lowest BCUT2D eigenvalue weighted by Crippen LogP contribution is -2.35. The Hall–Kier alpha value is -4.18. The van der Waals surface area contributed by atoms with Gasteiger partial charge in [0.05, 0.1) is 25.0 Å². The molecule has 0 saturated carbocycles. The van der Waals surface area contributed by atoms with E-state index >= 15 is 0 Å². The Morgan fingerprint density at radius 2 is 1.72 bits per heavy atom. The predicted molar refractivity (Wildman–Crippen MR) is 149 cm³/mol. The first kappa shape index (κ1) is 27.8. The summed E-state index contributed by atoms with van der Waals surface area (Å²) < 4.78 is 23.5. The van der Waals surface area contributed by atoms with Gasteiger partial charge in [0.2, 0.25) is 11.8 Å². The molecule has 0 aliphatic carbocycles. The molecule has 1 saturated heterocycles. The molecule has 0 radical (unpaired) electrons. The van der Waals surface area contributed by atoms with Crippen LogP contribution in [0.4, 0.5) is 15.8 Å². The van der Waals surface area contributed by atoms with Gasteiger partial charge in [0.1, 0.15) is 16.8 Å². The molecule has 0 spiro atoms. The van der Waals surface area contributed by atoms with E-state index in [1.165, 1.54) is 23.9 Å². The van der Waals surface area contributed by atoms with Crippen molar-refractivity contribution in [3.8, 4) is 5.75 Å². The molecule has 0 bridgehead atoms. The Bertz CT molecular complexity index is 1340. The molecule has 3 aromatic rings. The first-order valence-corrected chi connectivity index (χ1v) is 13.3. The van der Waals surface area contributed by atoms with Crippen LogP contribution in [0.15, 0.2) is 77.8 Å². The molecule has 10 heteroatoms. The fourth-order valence-corrected chi connectivity index (χ4v) is 5.06. The van der Waals surface area contributed by atoms with E-state index in [1.54, 1.807) is 79.6 Å². The van der Waals surface area contributed by atoms with E-state index in [9.17, 15) is 18.8 Å². The molecule has 1 unspecified atom stereocenters. The number of benzene rings is 3. The fourth-order valence-electron chi connectivity index (χ4n) is 3.87. The number of esters is 1. The van der Waals surface area contributed by atoms with Gasteiger partial charge in [-0.1, -0.05) is 23.9 Å². The number of ether oxygens (including phenoxy) is 2. The van der Waals surface area contributed by atoms with E-state index in [0.29, 0.717) is 40.8 Å². The monoisotopic (exact) mass is 549 g/mol. The van der Waals surface area contributed by atoms with Crippen molar-refractivity contribution in [1.29, 1.82) is 0 Å². The number of nitrogens with one attached hydrogen (secondary N) is 1. The van der Waals surface area contributed by atoms with Crippen molar-refractivity contribution in [1.82, 2.24) is 4.90 Å². The van der Waals surface area contributed by atoms with Gasteiger partial charge < -0.3 is 14.8 Å². The molecule has 3 aromatic carbocycles. The van der Waals surface area contributed by atoms with Gasteiger partial charge in [0.15, 0.2) is 5.17 Å². The third-order valence-electron chi connectivity index (χ3n) is 5.91. The van der Waals surface area contributed by atoms with E-state index in [-0.39, 0.29) is 30.7 Å². The van der Waals surface area contributed by atoms with Crippen LogP contribution in [-0.2, 0) is 20.7 Å². The van der Waals surface area contributed by atoms with Crippen LogP contribution >= 0.6 is 11.8 Å². The molecule has 1 aliphatic heterocycles. The number of carbonyl (C=O) groups is 3. The summed E-state index contributed by atoms with van der Waals surface area (Å²) in [5, 5.41) is 2.61. The zero-order valence-corrected chi connectivity index (χ0v) is 22.4. The second kappa shape index (κ2) is 13.1. The quantitative estimate of drug-likeness (QED) is 0.349. The number of halogens is 1. The number of hydrogen-bond donors (Lipinski definition) is 1. The summed E-state index contributed by atoms with van der Waals surface area (Å²) in [4.78, 5) is 44.3. The lowest BCUT2D eigenvalue weighted by molar-refractivity contribution is -0.128. The Morgan fingerprint density at radius 1 is 1.03 bits per heavy atom. The Morgan fingerprint density at radius 3 is 2.36 bits per heavy atom. The van der Waals surface area contributed by atoms with Crippen molar-refractivity contribution >= 4 is 46.1 Å². The maximum absolute atomic E-state index is 13.4. The van der Waals surface area contributed by atoms with Gasteiger partial charge in [0, 0.05) is 18.7 Å². The van der Waals surface area contributed by atoms with Crippen molar-refractivity contribution in [2.45, 2.75) is 25.0 Å². The van der Waals surface area contributed by atoms with Crippen molar-refractivity contribution in [3.63, 3.8) is 0 Å². The van der Waals surface area contributed by atoms with Gasteiger partial charge in [0.25, 0.3) is 0 Å². The molecule has 1 aliphatic rings. The minimum Gasteiger partial charge on any atom is -0.497 e. The molecule has 0 aromatic heterocycles. The second-order valence-corrected chi connectivity index (χ2v) is 9.79. The van der Waals surface area contributed by atoms with E-state index in [2.05, 4.69) is 10.3 Å². The normalized spacial score (nSPS) is 15.9. The van der Waals surface area contributed by atoms with Gasteiger partial charge in [-0.05, 0) is 79.6 Å². The zero-order valence-electron chi connectivity index (χ0n) is 21.6. The van der Waals surface area contributed by atoms with Gasteiger partial charge in [-0.25, -0.2) is 14.2 Å². The van der Waals surface area contributed by atoms with Gasteiger partial charge in [-0.3, -0.25) is 14.5 Å². The van der Waals surface area contributed by atoms with Crippen LogP contribution in [0, 0.1) is 5.82 Å². The van der Waals surface area contributed by atoms with Crippen molar-refractivity contribution in [2.75, 3.05) is 25.6 Å². The summed E-state index contributed by atoms with van der Waals surface area (Å²) >= 11 is 1.22. The molecular formula is C29H28FN3O5S. The lowest BCUT2D eigenvalue weighted by Gasteiger charge is -2.16. The largest absolute Gasteiger partial charge is 0.497 e. The van der Waals surface area contributed by atoms with Crippen LogP contribution in [-0.4, -0.2) is 53.4 Å². The number of aliphatic imine (C=N–C) groups is 1. The molecular weight excluding hydrogens is 521 g/mol. The number of carbonyl (C=O) groups excluding carboxylic acids is 3. The molecule has 1 fully saturated rings. The average molecular weight is 550 g/mol. The van der Waals surface area contributed by atoms with Crippen molar-refractivity contribution in [2.24, 2.45) is 4.99 Å². The molecule has 2 amide bonds. The Balaban J connectivity index is 1.50. The number of anilines is 1. The van der Waals surface area contributed by atoms with E-state index < -0.39 is 11.2 Å². The van der Waals surface area contributed by atoms with E-state index in [4.69, 9.17) is 9.47 Å². The Kier molecular flexibility index (Phi) is 9.32. The average Bonchev–Trinajstić information content (AvgIpc) is 3.22.